The molecule has 2 heterocycles. The maximum Gasteiger partial charge on any atom is 0.142 e. The number of fused-ring (bicyclic) bond motifs is 2. The van der Waals surface area contributed by atoms with Crippen molar-refractivity contribution in [1.29, 1.82) is 0 Å². The third-order valence-corrected chi connectivity index (χ3v) is 6.80. The second-order valence-corrected chi connectivity index (χ2v) is 8.52. The fourth-order valence-electron chi connectivity index (χ4n) is 3.86. The van der Waals surface area contributed by atoms with Crippen LogP contribution in [0.4, 0.5) is 8.78 Å². The maximum absolute atomic E-state index is 14.1. The Kier molecular flexibility index (Phi) is 4.75. The molecule has 0 bridgehead atoms. The third-order valence-electron chi connectivity index (χ3n) is 5.34. The van der Waals surface area contributed by atoms with Gasteiger partial charge in [0.15, 0.2) is 0 Å². The van der Waals surface area contributed by atoms with Crippen LogP contribution in [-0.2, 0) is 6.42 Å². The van der Waals surface area contributed by atoms with Crippen molar-refractivity contribution in [3.8, 4) is 0 Å². The van der Waals surface area contributed by atoms with Gasteiger partial charge in [-0.1, -0.05) is 29.4 Å². The van der Waals surface area contributed by atoms with Crippen LogP contribution in [0.3, 0.4) is 0 Å². The van der Waals surface area contributed by atoms with Gasteiger partial charge in [-0.2, -0.15) is 0 Å². The largest absolute Gasteiger partial charge is 0.328 e. The number of quaternary nitrogens is 2. The van der Waals surface area contributed by atoms with E-state index in [1.165, 1.54) is 28.8 Å². The predicted molar refractivity (Wildman–Crippen MR) is 95.7 cm³/mol. The number of piperazine rings is 1. The van der Waals surface area contributed by atoms with Crippen LogP contribution >= 0.6 is 23.4 Å². The molecule has 1 atom stereocenters. The van der Waals surface area contributed by atoms with Gasteiger partial charge in [0.2, 0.25) is 0 Å². The molecule has 0 aliphatic carbocycles. The second-order valence-electron chi connectivity index (χ2n) is 7.03. The summed E-state index contributed by atoms with van der Waals surface area (Å²) in [6.45, 7) is 4.40. The lowest BCUT2D eigenvalue weighted by atomic mass is 9.96. The van der Waals surface area contributed by atoms with E-state index in [4.69, 9.17) is 11.6 Å². The molecule has 1 saturated heterocycles. The van der Waals surface area contributed by atoms with E-state index in [9.17, 15) is 8.78 Å². The molecule has 0 aromatic heterocycles. The summed E-state index contributed by atoms with van der Waals surface area (Å²) in [5.41, 5.74) is 2.21. The van der Waals surface area contributed by atoms with Gasteiger partial charge in [-0.25, -0.2) is 8.78 Å². The van der Waals surface area contributed by atoms with Crippen molar-refractivity contribution >= 4 is 23.4 Å². The summed E-state index contributed by atoms with van der Waals surface area (Å²) in [6, 6.07) is 8.46. The molecule has 0 amide bonds. The van der Waals surface area contributed by atoms with Crippen molar-refractivity contribution in [1.82, 2.24) is 0 Å². The Balaban J connectivity index is 1.80. The molecule has 0 saturated carbocycles. The number of nitrogens with one attached hydrogen (secondary N) is 2. The molecule has 4 rings (SSSR count). The third kappa shape index (κ3) is 3.43. The smallest absolute Gasteiger partial charge is 0.142 e. The van der Waals surface area contributed by atoms with Crippen molar-refractivity contribution in [2.75, 3.05) is 33.2 Å². The Labute approximate surface area is 155 Å². The molecule has 2 aliphatic heterocycles. The highest BCUT2D eigenvalue weighted by Crippen LogP contribution is 2.41. The highest BCUT2D eigenvalue weighted by molar-refractivity contribution is 7.99. The Morgan fingerprint density at radius 2 is 1.80 bits per heavy atom. The van der Waals surface area contributed by atoms with Gasteiger partial charge in [0.25, 0.3) is 0 Å². The fraction of sp³-hybridized carbons (Fsp3) is 0.368. The van der Waals surface area contributed by atoms with Gasteiger partial charge in [-0.05, 0) is 29.8 Å². The SMILES string of the molecule is C[NH+]1CC[NH+]([C@H]2Cc3ccc(F)cc3Sc3cc(F)c(Cl)cc32)CC1. The van der Waals surface area contributed by atoms with Crippen molar-refractivity contribution < 1.29 is 18.6 Å². The maximum atomic E-state index is 14.1. The van der Waals surface area contributed by atoms with Crippen LogP contribution in [0.2, 0.25) is 5.02 Å². The van der Waals surface area contributed by atoms with Crippen molar-refractivity contribution in [2.45, 2.75) is 22.3 Å². The van der Waals surface area contributed by atoms with Crippen molar-refractivity contribution in [3.05, 3.63) is 58.1 Å². The molecule has 0 spiro atoms. The standard InChI is InChI=1S/C19H19ClF2N2S/c1-23-4-6-24(7-5-23)17-8-12-2-3-13(21)9-18(12)25-19-11-16(22)15(20)10-14(17)19/h2-3,9-11,17H,4-8H2,1H3/p+2/t17-/m0/s1. The zero-order valence-corrected chi connectivity index (χ0v) is 15.6. The van der Waals surface area contributed by atoms with E-state index in [1.54, 1.807) is 17.0 Å². The van der Waals surface area contributed by atoms with Crippen LogP contribution in [0.1, 0.15) is 17.2 Å². The number of hydrogen-bond donors (Lipinski definition) is 2. The highest BCUT2D eigenvalue weighted by atomic mass is 35.5. The molecule has 2 aliphatic rings. The molecule has 25 heavy (non-hydrogen) atoms. The predicted octanol–water partition coefficient (Wildman–Crippen LogP) is 1.78. The quantitative estimate of drug-likeness (QED) is 0.764. The summed E-state index contributed by atoms with van der Waals surface area (Å²) in [6.07, 6.45) is 0.825. The average molecular weight is 383 g/mol. The molecule has 2 N–H and O–H groups in total. The second kappa shape index (κ2) is 6.88. The molecular formula is C19H21ClF2N2S+2. The summed E-state index contributed by atoms with van der Waals surface area (Å²) in [4.78, 5) is 4.79. The number of likely N-dealkylation sites (N-methyl/N-ethyl adjacent to an activating group) is 1. The molecule has 0 unspecified atom stereocenters. The van der Waals surface area contributed by atoms with Crippen LogP contribution in [0.15, 0.2) is 40.1 Å². The van der Waals surface area contributed by atoms with E-state index in [0.717, 1.165) is 53.5 Å². The Hall–Kier alpha value is -1.14. The summed E-state index contributed by atoms with van der Waals surface area (Å²) in [5, 5.41) is 0.167. The van der Waals surface area contributed by atoms with Gasteiger partial charge in [-0.3, -0.25) is 0 Å². The van der Waals surface area contributed by atoms with E-state index in [2.05, 4.69) is 7.05 Å². The molecule has 2 aromatic carbocycles. The summed E-state index contributed by atoms with van der Waals surface area (Å²) in [7, 11) is 2.22. The fourth-order valence-corrected chi connectivity index (χ4v) is 5.20. The first kappa shape index (κ1) is 17.3. The summed E-state index contributed by atoms with van der Waals surface area (Å²) < 4.78 is 27.8. The molecule has 132 valence electrons. The zero-order valence-electron chi connectivity index (χ0n) is 14.0. The molecule has 2 nitrogen and oxygen atoms in total. The number of benzene rings is 2. The zero-order chi connectivity index (χ0) is 17.6. The van der Waals surface area contributed by atoms with Crippen molar-refractivity contribution in [2.24, 2.45) is 0 Å². The number of hydrogen-bond acceptors (Lipinski definition) is 1. The number of halogens is 3. The minimum atomic E-state index is -0.413. The highest BCUT2D eigenvalue weighted by Gasteiger charge is 2.34. The summed E-state index contributed by atoms with van der Waals surface area (Å²) >= 11 is 7.56. The topological polar surface area (TPSA) is 8.88 Å². The van der Waals surface area contributed by atoms with Crippen LogP contribution in [0, 0.1) is 11.6 Å². The van der Waals surface area contributed by atoms with Crippen LogP contribution in [0.5, 0.6) is 0 Å². The van der Waals surface area contributed by atoms with Gasteiger partial charge in [0.1, 0.15) is 43.9 Å². The van der Waals surface area contributed by atoms with Crippen LogP contribution < -0.4 is 9.80 Å². The van der Waals surface area contributed by atoms with E-state index >= 15 is 0 Å². The average Bonchev–Trinajstić information content (AvgIpc) is 2.73. The molecule has 0 radical (unpaired) electrons. The minimum Gasteiger partial charge on any atom is -0.328 e. The molecular weight excluding hydrogens is 362 g/mol. The van der Waals surface area contributed by atoms with Gasteiger partial charge in [0, 0.05) is 21.8 Å². The lowest BCUT2D eigenvalue weighted by molar-refractivity contribution is -1.02. The Bertz CT molecular complexity index is 806. The van der Waals surface area contributed by atoms with Gasteiger partial charge >= 0.3 is 0 Å². The monoisotopic (exact) mass is 382 g/mol. The Morgan fingerprint density at radius 3 is 2.56 bits per heavy atom. The molecule has 2 aromatic rings. The normalized spacial score (nSPS) is 25.8. The lowest BCUT2D eigenvalue weighted by Crippen LogP contribution is -3.27. The van der Waals surface area contributed by atoms with Gasteiger partial charge in [-0.15, -0.1) is 0 Å². The van der Waals surface area contributed by atoms with E-state index < -0.39 is 5.82 Å². The number of rotatable bonds is 1. The van der Waals surface area contributed by atoms with Crippen LogP contribution in [-0.4, -0.2) is 33.2 Å². The first-order valence-corrected chi connectivity index (χ1v) is 9.82. The van der Waals surface area contributed by atoms with Gasteiger partial charge in [0.05, 0.1) is 12.1 Å². The van der Waals surface area contributed by atoms with Gasteiger partial charge < -0.3 is 9.80 Å². The van der Waals surface area contributed by atoms with E-state index in [1.807, 2.05) is 6.07 Å². The van der Waals surface area contributed by atoms with E-state index in [0.29, 0.717) is 0 Å². The lowest BCUT2D eigenvalue weighted by Gasteiger charge is -2.33. The van der Waals surface area contributed by atoms with Crippen LogP contribution in [0.25, 0.3) is 0 Å². The first-order valence-electron chi connectivity index (χ1n) is 8.62. The van der Waals surface area contributed by atoms with E-state index in [-0.39, 0.29) is 16.9 Å². The van der Waals surface area contributed by atoms with Crippen molar-refractivity contribution in [3.63, 3.8) is 0 Å². The Morgan fingerprint density at radius 1 is 1.04 bits per heavy atom. The molecule has 1 fully saturated rings. The minimum absolute atomic E-state index is 0.167. The molecule has 6 heteroatoms. The first-order chi connectivity index (χ1) is 12.0. The summed E-state index contributed by atoms with van der Waals surface area (Å²) in [5.74, 6) is -0.666.